The van der Waals surface area contributed by atoms with Gasteiger partial charge < -0.3 is 4.90 Å². The molecule has 1 heterocycles. The second-order valence-corrected chi connectivity index (χ2v) is 3.55. The monoisotopic (exact) mass is 175 g/mol. The molecule has 68 valence electrons. The van der Waals surface area contributed by atoms with Gasteiger partial charge in [0, 0.05) is 18.8 Å². The highest BCUT2D eigenvalue weighted by Gasteiger charge is 2.29. The molecule has 13 heavy (non-hydrogen) atoms. The highest BCUT2D eigenvalue weighted by molar-refractivity contribution is 5.81. The molecule has 1 aliphatic rings. The molecule has 1 aromatic carbocycles. The zero-order valence-corrected chi connectivity index (χ0v) is 7.73. The van der Waals surface area contributed by atoms with E-state index < -0.39 is 0 Å². The first-order valence-electron chi connectivity index (χ1n) is 4.58. The lowest BCUT2D eigenvalue weighted by molar-refractivity contribution is -0.121. The number of rotatable bonds is 2. The van der Waals surface area contributed by atoms with E-state index in [1.807, 2.05) is 18.2 Å². The predicted molar refractivity (Wildman–Crippen MR) is 52.8 cm³/mol. The van der Waals surface area contributed by atoms with E-state index >= 15 is 0 Å². The van der Waals surface area contributed by atoms with Gasteiger partial charge in [0.15, 0.2) is 0 Å². The van der Waals surface area contributed by atoms with Crippen molar-refractivity contribution in [1.29, 1.82) is 0 Å². The third-order valence-electron chi connectivity index (χ3n) is 2.58. The van der Waals surface area contributed by atoms with Crippen LogP contribution in [0.5, 0.6) is 0 Å². The van der Waals surface area contributed by atoms with Crippen LogP contribution in [0.1, 0.15) is 6.92 Å². The average Bonchev–Trinajstić information content (AvgIpc) is 2.02. The minimum atomic E-state index is 0.264. The third-order valence-corrected chi connectivity index (χ3v) is 2.58. The lowest BCUT2D eigenvalue weighted by atomic mass is 9.95. The summed E-state index contributed by atoms with van der Waals surface area (Å²) in [6.45, 7) is 3.45. The maximum Gasteiger partial charge on any atom is 0.136 e. The van der Waals surface area contributed by atoms with Crippen molar-refractivity contribution in [1.82, 2.24) is 0 Å². The molecule has 1 saturated heterocycles. The molecule has 0 radical (unpaired) electrons. The number of ketones is 1. The Kier molecular flexibility index (Phi) is 2.05. The standard InChI is InChI=1S/C11H13NO/c1-9(13)10-7-12(8-10)11-5-3-2-4-6-11/h2-6,10H,7-8H2,1H3. The van der Waals surface area contributed by atoms with E-state index in [4.69, 9.17) is 0 Å². The van der Waals surface area contributed by atoms with Crippen LogP contribution in [0.4, 0.5) is 5.69 Å². The molecule has 0 N–H and O–H groups in total. The van der Waals surface area contributed by atoms with Crippen LogP contribution in [-0.2, 0) is 4.79 Å². The summed E-state index contributed by atoms with van der Waals surface area (Å²) in [5.74, 6) is 0.576. The Balaban J connectivity index is 1.98. The van der Waals surface area contributed by atoms with Gasteiger partial charge in [-0.15, -0.1) is 0 Å². The Morgan fingerprint density at radius 3 is 2.46 bits per heavy atom. The van der Waals surface area contributed by atoms with Crippen molar-refractivity contribution in [2.45, 2.75) is 6.92 Å². The lowest BCUT2D eigenvalue weighted by Crippen LogP contribution is -2.49. The first-order chi connectivity index (χ1) is 6.27. The number of hydrogen-bond donors (Lipinski definition) is 0. The number of Topliss-reactive ketones (excluding diaryl/α,β-unsaturated/α-hetero) is 1. The third kappa shape index (κ3) is 1.57. The number of hydrogen-bond acceptors (Lipinski definition) is 2. The van der Waals surface area contributed by atoms with Crippen LogP contribution in [0.3, 0.4) is 0 Å². The highest BCUT2D eigenvalue weighted by atomic mass is 16.1. The van der Waals surface area contributed by atoms with Crippen LogP contribution in [0, 0.1) is 5.92 Å². The Labute approximate surface area is 78.2 Å². The van der Waals surface area contributed by atoms with Gasteiger partial charge in [0.05, 0.1) is 5.92 Å². The second kappa shape index (κ2) is 3.21. The number of anilines is 1. The topological polar surface area (TPSA) is 20.3 Å². The Bertz CT molecular complexity index is 301. The van der Waals surface area contributed by atoms with E-state index in [1.165, 1.54) is 5.69 Å². The van der Waals surface area contributed by atoms with Crippen LogP contribution in [0.2, 0.25) is 0 Å². The van der Waals surface area contributed by atoms with Crippen molar-refractivity contribution < 1.29 is 4.79 Å². The fraction of sp³-hybridized carbons (Fsp3) is 0.364. The summed E-state index contributed by atoms with van der Waals surface area (Å²) in [6, 6.07) is 10.2. The summed E-state index contributed by atoms with van der Waals surface area (Å²) in [5.41, 5.74) is 1.22. The smallest absolute Gasteiger partial charge is 0.136 e. The number of para-hydroxylation sites is 1. The predicted octanol–water partition coefficient (Wildman–Crippen LogP) is 1.71. The molecule has 2 heteroatoms. The average molecular weight is 175 g/mol. The largest absolute Gasteiger partial charge is 0.370 e. The molecule has 0 amide bonds. The molecule has 1 fully saturated rings. The highest BCUT2D eigenvalue weighted by Crippen LogP contribution is 2.24. The van der Waals surface area contributed by atoms with Gasteiger partial charge in [0.1, 0.15) is 5.78 Å². The van der Waals surface area contributed by atoms with Gasteiger partial charge >= 0.3 is 0 Å². The molecule has 0 spiro atoms. The number of carbonyl (C=O) groups is 1. The molecule has 0 bridgehead atoms. The molecule has 2 rings (SSSR count). The first-order valence-corrected chi connectivity index (χ1v) is 4.58. The van der Waals surface area contributed by atoms with Crippen molar-refractivity contribution in [2.75, 3.05) is 18.0 Å². The van der Waals surface area contributed by atoms with Gasteiger partial charge in [-0.2, -0.15) is 0 Å². The number of benzene rings is 1. The van der Waals surface area contributed by atoms with Crippen LogP contribution in [0.25, 0.3) is 0 Å². The SMILES string of the molecule is CC(=O)C1CN(c2ccccc2)C1. The number of carbonyl (C=O) groups excluding carboxylic acids is 1. The van der Waals surface area contributed by atoms with Gasteiger partial charge in [-0.3, -0.25) is 4.79 Å². The molecule has 0 saturated carbocycles. The van der Waals surface area contributed by atoms with Crippen molar-refractivity contribution in [2.24, 2.45) is 5.92 Å². The second-order valence-electron chi connectivity index (χ2n) is 3.55. The molecular formula is C11H13NO. The summed E-state index contributed by atoms with van der Waals surface area (Å²) in [5, 5.41) is 0. The molecule has 0 aromatic heterocycles. The lowest BCUT2D eigenvalue weighted by Gasteiger charge is -2.39. The Hall–Kier alpha value is -1.31. The molecule has 0 atom stereocenters. The molecular weight excluding hydrogens is 162 g/mol. The van der Waals surface area contributed by atoms with Crippen LogP contribution < -0.4 is 4.90 Å². The van der Waals surface area contributed by atoms with Crippen LogP contribution in [-0.4, -0.2) is 18.9 Å². The van der Waals surface area contributed by atoms with Gasteiger partial charge in [0.2, 0.25) is 0 Å². The minimum absolute atomic E-state index is 0.264. The minimum Gasteiger partial charge on any atom is -0.370 e. The van der Waals surface area contributed by atoms with E-state index in [-0.39, 0.29) is 5.92 Å². The summed E-state index contributed by atoms with van der Waals surface area (Å²) < 4.78 is 0. The summed E-state index contributed by atoms with van der Waals surface area (Å²) in [6.07, 6.45) is 0. The molecule has 0 unspecified atom stereocenters. The van der Waals surface area contributed by atoms with Gasteiger partial charge in [-0.1, -0.05) is 18.2 Å². The van der Waals surface area contributed by atoms with E-state index in [0.29, 0.717) is 5.78 Å². The number of nitrogens with zero attached hydrogens (tertiary/aromatic N) is 1. The van der Waals surface area contributed by atoms with E-state index in [0.717, 1.165) is 13.1 Å². The van der Waals surface area contributed by atoms with Crippen molar-refractivity contribution in [3.05, 3.63) is 30.3 Å². The van der Waals surface area contributed by atoms with Crippen molar-refractivity contribution in [3.63, 3.8) is 0 Å². The maximum absolute atomic E-state index is 11.0. The van der Waals surface area contributed by atoms with E-state index in [2.05, 4.69) is 17.0 Å². The molecule has 2 nitrogen and oxygen atoms in total. The maximum atomic E-state index is 11.0. The molecule has 1 aromatic rings. The van der Waals surface area contributed by atoms with Gasteiger partial charge in [-0.25, -0.2) is 0 Å². The summed E-state index contributed by atoms with van der Waals surface area (Å²) in [4.78, 5) is 13.2. The van der Waals surface area contributed by atoms with Crippen molar-refractivity contribution in [3.8, 4) is 0 Å². The fourth-order valence-electron chi connectivity index (χ4n) is 1.59. The first kappa shape index (κ1) is 8.30. The fourth-order valence-corrected chi connectivity index (χ4v) is 1.59. The summed E-state index contributed by atoms with van der Waals surface area (Å²) >= 11 is 0. The van der Waals surface area contributed by atoms with Crippen LogP contribution in [0.15, 0.2) is 30.3 Å². The Morgan fingerprint density at radius 1 is 1.31 bits per heavy atom. The van der Waals surface area contributed by atoms with E-state index in [1.54, 1.807) is 6.92 Å². The van der Waals surface area contributed by atoms with E-state index in [9.17, 15) is 4.79 Å². The summed E-state index contributed by atoms with van der Waals surface area (Å²) in [7, 11) is 0. The van der Waals surface area contributed by atoms with Crippen molar-refractivity contribution >= 4 is 11.5 Å². The molecule has 0 aliphatic carbocycles. The molecule has 1 aliphatic heterocycles. The quantitative estimate of drug-likeness (QED) is 0.682. The zero-order valence-electron chi connectivity index (χ0n) is 7.73. The van der Waals surface area contributed by atoms with Crippen LogP contribution >= 0.6 is 0 Å². The van der Waals surface area contributed by atoms with Gasteiger partial charge in [0.25, 0.3) is 0 Å². The Morgan fingerprint density at radius 2 is 1.92 bits per heavy atom. The normalized spacial score (nSPS) is 16.8. The zero-order chi connectivity index (χ0) is 9.26. The van der Waals surface area contributed by atoms with Gasteiger partial charge in [-0.05, 0) is 19.1 Å².